The summed E-state index contributed by atoms with van der Waals surface area (Å²) in [4.78, 5) is 9.80. The van der Waals surface area contributed by atoms with E-state index >= 15 is 0 Å². The van der Waals surface area contributed by atoms with Crippen molar-refractivity contribution >= 4 is 50.9 Å². The van der Waals surface area contributed by atoms with Crippen molar-refractivity contribution in [3.8, 4) is 0 Å². The van der Waals surface area contributed by atoms with Crippen LogP contribution in [0.3, 0.4) is 0 Å². The third kappa shape index (κ3) is 4.35. The summed E-state index contributed by atoms with van der Waals surface area (Å²) in [6, 6.07) is 8.10. The molecule has 106 valence electrons. The maximum Gasteiger partial charge on any atom is 0.142 e. The first-order chi connectivity index (χ1) is 9.60. The normalized spacial score (nSPS) is 10.8. The molecule has 0 N–H and O–H groups in total. The molecular formula is C14H13BrCl2N2S. The minimum absolute atomic E-state index is 0.471. The van der Waals surface area contributed by atoms with Crippen LogP contribution in [0.5, 0.6) is 0 Å². The fourth-order valence-electron chi connectivity index (χ4n) is 1.67. The molecular weight excluding hydrogens is 379 g/mol. The minimum Gasteiger partial charge on any atom is -0.220 e. The number of halogens is 3. The summed E-state index contributed by atoms with van der Waals surface area (Å²) >= 11 is 17.4. The van der Waals surface area contributed by atoms with E-state index in [2.05, 4.69) is 32.8 Å². The molecule has 1 aromatic carbocycles. The molecule has 0 saturated heterocycles. The van der Waals surface area contributed by atoms with Gasteiger partial charge in [-0.05, 0) is 30.7 Å². The smallest absolute Gasteiger partial charge is 0.142 e. The first-order valence-electron chi connectivity index (χ1n) is 6.19. The molecule has 0 aliphatic rings. The van der Waals surface area contributed by atoms with Crippen LogP contribution in [0.25, 0.3) is 0 Å². The molecule has 0 bridgehead atoms. The van der Waals surface area contributed by atoms with Gasteiger partial charge < -0.3 is 0 Å². The van der Waals surface area contributed by atoms with Crippen LogP contribution in [-0.4, -0.2) is 9.97 Å². The van der Waals surface area contributed by atoms with E-state index in [9.17, 15) is 0 Å². The van der Waals surface area contributed by atoms with Crippen molar-refractivity contribution in [1.82, 2.24) is 9.97 Å². The molecule has 0 aliphatic carbocycles. The van der Waals surface area contributed by atoms with Gasteiger partial charge in [-0.15, -0.1) is 11.8 Å². The maximum atomic E-state index is 6.16. The molecule has 0 unspecified atom stereocenters. The zero-order valence-electron chi connectivity index (χ0n) is 10.9. The quantitative estimate of drug-likeness (QED) is 0.476. The number of aromatic nitrogens is 2. The minimum atomic E-state index is 0.471. The summed E-state index contributed by atoms with van der Waals surface area (Å²) in [5.74, 6) is 1.31. The third-order valence-corrected chi connectivity index (χ3v) is 4.80. The Balaban J connectivity index is 2.08. The highest BCUT2D eigenvalue weighted by molar-refractivity contribution is 9.10. The summed E-state index contributed by atoms with van der Waals surface area (Å²) < 4.78 is 1.06. The maximum absolute atomic E-state index is 6.16. The van der Waals surface area contributed by atoms with Gasteiger partial charge in [0.15, 0.2) is 0 Å². The van der Waals surface area contributed by atoms with Crippen molar-refractivity contribution in [3.05, 3.63) is 50.4 Å². The van der Waals surface area contributed by atoms with Crippen LogP contribution in [0, 0.1) is 0 Å². The van der Waals surface area contributed by atoms with Gasteiger partial charge in [0.2, 0.25) is 0 Å². The highest BCUT2D eigenvalue weighted by Crippen LogP contribution is 2.27. The molecule has 0 aliphatic heterocycles. The van der Waals surface area contributed by atoms with Crippen LogP contribution in [0.2, 0.25) is 10.3 Å². The first kappa shape index (κ1) is 16.1. The second kappa shape index (κ2) is 7.64. The highest BCUT2D eigenvalue weighted by atomic mass is 79.9. The van der Waals surface area contributed by atoms with Crippen LogP contribution in [0.15, 0.2) is 33.6 Å². The molecule has 0 amide bonds. The molecule has 6 heteroatoms. The van der Waals surface area contributed by atoms with Crippen molar-refractivity contribution in [1.29, 1.82) is 0 Å². The van der Waals surface area contributed by atoms with Crippen LogP contribution >= 0.6 is 50.9 Å². The molecule has 0 spiro atoms. The van der Waals surface area contributed by atoms with Gasteiger partial charge in [-0.2, -0.15) is 0 Å². The second-order valence-corrected chi connectivity index (χ2v) is 6.87. The van der Waals surface area contributed by atoms with Gasteiger partial charge in [0.1, 0.15) is 16.1 Å². The van der Waals surface area contributed by atoms with Crippen LogP contribution in [-0.2, 0) is 12.2 Å². The summed E-state index contributed by atoms with van der Waals surface area (Å²) in [7, 11) is 0. The van der Waals surface area contributed by atoms with Gasteiger partial charge in [0.25, 0.3) is 0 Å². The third-order valence-electron chi connectivity index (χ3n) is 2.63. The largest absolute Gasteiger partial charge is 0.220 e. The van der Waals surface area contributed by atoms with Crippen molar-refractivity contribution < 1.29 is 0 Å². The Morgan fingerprint density at radius 2 is 1.70 bits per heavy atom. The van der Waals surface area contributed by atoms with Crippen molar-refractivity contribution in [2.24, 2.45) is 0 Å². The molecule has 1 heterocycles. The topological polar surface area (TPSA) is 25.8 Å². The number of hydrogen-bond acceptors (Lipinski definition) is 3. The lowest BCUT2D eigenvalue weighted by atomic mass is 10.2. The Morgan fingerprint density at radius 3 is 2.25 bits per heavy atom. The van der Waals surface area contributed by atoms with E-state index in [1.54, 1.807) is 11.8 Å². The second-order valence-electron chi connectivity index (χ2n) is 4.19. The Morgan fingerprint density at radius 1 is 1.10 bits per heavy atom. The van der Waals surface area contributed by atoms with E-state index in [4.69, 9.17) is 23.2 Å². The predicted molar refractivity (Wildman–Crippen MR) is 89.8 cm³/mol. The van der Waals surface area contributed by atoms with Crippen LogP contribution in [0.1, 0.15) is 24.7 Å². The molecule has 0 radical (unpaired) electrons. The monoisotopic (exact) mass is 390 g/mol. The standard InChI is InChI=1S/C14H13BrCl2N2S/c1-2-3-11-13(16)18-12(19-14(11)17)8-20-10-6-4-9(15)5-7-10/h4-7H,2-3,8H2,1H3. The number of benzene rings is 1. The number of thioether (sulfide) groups is 1. The fraction of sp³-hybridized carbons (Fsp3) is 0.286. The Kier molecular flexibility index (Phi) is 6.15. The van der Waals surface area contributed by atoms with Crippen LogP contribution in [0.4, 0.5) is 0 Å². The van der Waals surface area contributed by atoms with Crippen LogP contribution < -0.4 is 0 Å². The molecule has 0 fully saturated rings. The van der Waals surface area contributed by atoms with Gasteiger partial charge in [-0.3, -0.25) is 0 Å². The van der Waals surface area contributed by atoms with Gasteiger partial charge in [-0.1, -0.05) is 52.5 Å². The lowest BCUT2D eigenvalue weighted by Gasteiger charge is -2.07. The Hall–Kier alpha value is -0.290. The molecule has 0 saturated carbocycles. The molecule has 2 rings (SSSR count). The highest BCUT2D eigenvalue weighted by Gasteiger charge is 2.11. The van der Waals surface area contributed by atoms with Crippen molar-refractivity contribution in [3.63, 3.8) is 0 Å². The summed E-state index contributed by atoms with van der Waals surface area (Å²) in [6.45, 7) is 2.07. The summed E-state index contributed by atoms with van der Waals surface area (Å²) in [6.07, 6.45) is 1.77. The molecule has 1 aromatic heterocycles. The number of rotatable bonds is 5. The zero-order valence-corrected chi connectivity index (χ0v) is 14.8. The molecule has 20 heavy (non-hydrogen) atoms. The zero-order chi connectivity index (χ0) is 14.5. The summed E-state index contributed by atoms with van der Waals surface area (Å²) in [5, 5.41) is 0.941. The average Bonchev–Trinajstić information content (AvgIpc) is 2.42. The van der Waals surface area contributed by atoms with E-state index in [0.717, 1.165) is 27.8 Å². The van der Waals surface area contributed by atoms with Crippen molar-refractivity contribution in [2.45, 2.75) is 30.4 Å². The average molecular weight is 392 g/mol. The van der Waals surface area contributed by atoms with E-state index in [1.165, 1.54) is 0 Å². The van der Waals surface area contributed by atoms with E-state index in [0.29, 0.717) is 21.9 Å². The lowest BCUT2D eigenvalue weighted by molar-refractivity contribution is 0.888. The number of hydrogen-bond donors (Lipinski definition) is 0. The SMILES string of the molecule is CCCc1c(Cl)nc(CSc2ccc(Br)cc2)nc1Cl. The predicted octanol–water partition coefficient (Wildman–Crippen LogP) is 5.79. The fourth-order valence-corrected chi connectivity index (χ4v) is 3.30. The lowest BCUT2D eigenvalue weighted by Crippen LogP contribution is -1.99. The number of nitrogens with zero attached hydrogens (tertiary/aromatic N) is 2. The van der Waals surface area contributed by atoms with Crippen molar-refractivity contribution in [2.75, 3.05) is 0 Å². The van der Waals surface area contributed by atoms with E-state index in [-0.39, 0.29) is 0 Å². The molecule has 2 aromatic rings. The Bertz CT molecular complexity index is 567. The van der Waals surface area contributed by atoms with Gasteiger partial charge in [0, 0.05) is 14.9 Å². The molecule has 2 nitrogen and oxygen atoms in total. The van der Waals surface area contributed by atoms with Gasteiger partial charge in [0.05, 0.1) is 5.75 Å². The summed E-state index contributed by atoms with van der Waals surface area (Å²) in [5.41, 5.74) is 0.841. The Labute approximate surface area is 141 Å². The van der Waals surface area contributed by atoms with Gasteiger partial charge in [-0.25, -0.2) is 9.97 Å². The van der Waals surface area contributed by atoms with E-state index in [1.807, 2.05) is 24.3 Å². The first-order valence-corrected chi connectivity index (χ1v) is 8.72. The molecule has 0 atom stereocenters. The van der Waals surface area contributed by atoms with E-state index < -0.39 is 0 Å². The van der Waals surface area contributed by atoms with Gasteiger partial charge >= 0.3 is 0 Å².